The average molecular weight is 404 g/mol. The van der Waals surface area contributed by atoms with E-state index in [1.54, 1.807) is 12.3 Å². The second-order valence-electron chi connectivity index (χ2n) is 6.95. The quantitative estimate of drug-likeness (QED) is 0.659. The monoisotopic (exact) mass is 403 g/mol. The number of nitrogens with zero attached hydrogens (tertiary/aromatic N) is 4. The van der Waals surface area contributed by atoms with Crippen molar-refractivity contribution >= 4 is 40.3 Å². The molecule has 2 aromatic rings. The third-order valence-corrected chi connectivity index (χ3v) is 6.54. The number of hydrogen-bond donors (Lipinski definition) is 3. The van der Waals surface area contributed by atoms with E-state index in [1.807, 2.05) is 10.4 Å². The molecule has 0 aliphatic carbocycles. The fourth-order valence-corrected chi connectivity index (χ4v) is 4.94. The molecule has 4 rings (SSSR count). The first-order chi connectivity index (χ1) is 13.7. The maximum Gasteiger partial charge on any atom is 0.144 e. The number of aromatic amines is 1. The van der Waals surface area contributed by atoms with Gasteiger partial charge in [-0.15, -0.1) is 0 Å². The van der Waals surface area contributed by atoms with E-state index in [1.165, 1.54) is 6.21 Å². The first-order valence-corrected chi connectivity index (χ1v) is 10.8. The third-order valence-electron chi connectivity index (χ3n) is 5.03. The highest BCUT2D eigenvalue weighted by Gasteiger charge is 2.27. The predicted octanol–water partition coefficient (Wildman–Crippen LogP) is 2.03. The number of pyridine rings is 1. The number of rotatable bonds is 5. The zero-order valence-electron chi connectivity index (χ0n) is 15.9. The number of H-pyrrole nitrogens is 1. The van der Waals surface area contributed by atoms with Gasteiger partial charge in [0.2, 0.25) is 0 Å². The fraction of sp³-hybridized carbons (Fsp3) is 0.500. The largest absolute Gasteiger partial charge is 0.377 e. The minimum absolute atomic E-state index is 0.187. The summed E-state index contributed by atoms with van der Waals surface area (Å²) < 4.78 is 20.2. The Hall–Kier alpha value is -2.46. The van der Waals surface area contributed by atoms with Gasteiger partial charge in [0, 0.05) is 37.2 Å². The first kappa shape index (κ1) is 18.9. The van der Waals surface area contributed by atoms with Crippen LogP contribution in [0.3, 0.4) is 0 Å². The van der Waals surface area contributed by atoms with E-state index in [9.17, 15) is 4.21 Å². The molecule has 3 N–H and O–H groups in total. The van der Waals surface area contributed by atoms with Crippen molar-refractivity contribution in [3.05, 3.63) is 23.9 Å². The molecule has 2 aromatic heterocycles. The standard InChI is InChI=1S/C18H25N7O2S/c1-13-12-27-8-7-24(13)17-10-15(25-6-2-3-9-28(25)26)14(11-19)18(22-17)21-16-4-5-20-23-16/h4-5,10-11,13,19H,2-3,6-9,12H2,1H3,(H2,20,21,22,23). The van der Waals surface area contributed by atoms with Gasteiger partial charge in [0.1, 0.15) is 28.4 Å². The van der Waals surface area contributed by atoms with Gasteiger partial charge in [-0.1, -0.05) is 0 Å². The summed E-state index contributed by atoms with van der Waals surface area (Å²) >= 11 is 0. The number of nitrogens with one attached hydrogen (secondary N) is 3. The normalized spacial score (nSPS) is 22.9. The Morgan fingerprint density at radius 1 is 1.43 bits per heavy atom. The number of anilines is 4. The SMILES string of the molecule is CC1COCCN1c1cc(N2CCCCS2=O)c(C=N)c(Nc2ccn[nH]2)n1. The fourth-order valence-electron chi connectivity index (χ4n) is 3.56. The number of hydrogen-bond acceptors (Lipinski definition) is 7. The average Bonchev–Trinajstić information content (AvgIpc) is 3.21. The third kappa shape index (κ3) is 3.74. The van der Waals surface area contributed by atoms with Crippen LogP contribution in [-0.4, -0.2) is 63.7 Å². The van der Waals surface area contributed by atoms with Crippen molar-refractivity contribution in [1.29, 1.82) is 5.41 Å². The Labute approximate surface area is 166 Å². The highest BCUT2D eigenvalue weighted by molar-refractivity contribution is 7.86. The molecule has 2 unspecified atom stereocenters. The van der Waals surface area contributed by atoms with Crippen LogP contribution >= 0.6 is 0 Å². The summed E-state index contributed by atoms with van der Waals surface area (Å²) in [6, 6.07) is 3.95. The summed E-state index contributed by atoms with van der Waals surface area (Å²) in [5, 5.41) is 18.1. The summed E-state index contributed by atoms with van der Waals surface area (Å²) in [6.07, 6.45) is 4.87. The van der Waals surface area contributed by atoms with Gasteiger partial charge in [0.15, 0.2) is 0 Å². The minimum Gasteiger partial charge on any atom is -0.377 e. The van der Waals surface area contributed by atoms with Crippen molar-refractivity contribution < 1.29 is 8.95 Å². The minimum atomic E-state index is -1.10. The molecule has 2 aliphatic rings. The molecule has 0 spiro atoms. The molecule has 0 radical (unpaired) electrons. The van der Waals surface area contributed by atoms with Crippen molar-refractivity contribution in [2.45, 2.75) is 25.8 Å². The molecule has 9 nitrogen and oxygen atoms in total. The second-order valence-corrected chi connectivity index (χ2v) is 8.45. The van der Waals surface area contributed by atoms with E-state index in [2.05, 4.69) is 27.3 Å². The molecular formula is C18H25N7O2S. The van der Waals surface area contributed by atoms with Gasteiger partial charge in [-0.2, -0.15) is 5.10 Å². The van der Waals surface area contributed by atoms with Crippen LogP contribution in [-0.2, 0) is 15.7 Å². The number of ether oxygens (including phenoxy) is 1. The number of morpholine rings is 1. The van der Waals surface area contributed by atoms with E-state index in [-0.39, 0.29) is 6.04 Å². The molecule has 0 aromatic carbocycles. The summed E-state index contributed by atoms with van der Waals surface area (Å²) in [7, 11) is -1.10. The molecule has 150 valence electrons. The molecule has 2 fully saturated rings. The van der Waals surface area contributed by atoms with Crippen molar-refractivity contribution in [3.8, 4) is 0 Å². The summed E-state index contributed by atoms with van der Waals surface area (Å²) in [4.78, 5) is 7.01. The van der Waals surface area contributed by atoms with Crippen LogP contribution in [0.5, 0.6) is 0 Å². The van der Waals surface area contributed by atoms with E-state index < -0.39 is 11.0 Å². The second kappa shape index (κ2) is 8.27. The lowest BCUT2D eigenvalue weighted by atomic mass is 10.1. The van der Waals surface area contributed by atoms with Crippen LogP contribution < -0.4 is 14.5 Å². The summed E-state index contributed by atoms with van der Waals surface area (Å²) in [5.41, 5.74) is 1.40. The van der Waals surface area contributed by atoms with Crippen molar-refractivity contribution in [3.63, 3.8) is 0 Å². The molecular weight excluding hydrogens is 378 g/mol. The molecule has 10 heteroatoms. The molecule has 4 heterocycles. The van der Waals surface area contributed by atoms with Crippen LogP contribution in [0.4, 0.5) is 23.1 Å². The van der Waals surface area contributed by atoms with E-state index >= 15 is 0 Å². The van der Waals surface area contributed by atoms with Gasteiger partial charge in [-0.25, -0.2) is 9.19 Å². The maximum absolute atomic E-state index is 12.7. The molecule has 2 aliphatic heterocycles. The summed E-state index contributed by atoms with van der Waals surface area (Å²) in [5.74, 6) is 2.68. The predicted molar refractivity (Wildman–Crippen MR) is 111 cm³/mol. The Balaban J connectivity index is 1.81. The van der Waals surface area contributed by atoms with Crippen molar-refractivity contribution in [2.75, 3.05) is 46.6 Å². The van der Waals surface area contributed by atoms with Gasteiger partial charge in [-0.05, 0) is 19.8 Å². The zero-order valence-corrected chi connectivity index (χ0v) is 16.7. The van der Waals surface area contributed by atoms with Gasteiger partial charge in [-0.3, -0.25) is 9.40 Å². The Kier molecular flexibility index (Phi) is 5.58. The van der Waals surface area contributed by atoms with Gasteiger partial charge >= 0.3 is 0 Å². The Morgan fingerprint density at radius 2 is 2.32 bits per heavy atom. The highest BCUT2D eigenvalue weighted by Crippen LogP contribution is 2.34. The van der Waals surface area contributed by atoms with Crippen LogP contribution in [0, 0.1) is 5.41 Å². The van der Waals surface area contributed by atoms with Crippen LogP contribution in [0.2, 0.25) is 0 Å². The van der Waals surface area contributed by atoms with Gasteiger partial charge in [0.25, 0.3) is 0 Å². The zero-order chi connectivity index (χ0) is 19.5. The number of aromatic nitrogens is 3. The van der Waals surface area contributed by atoms with Crippen LogP contribution in [0.1, 0.15) is 25.3 Å². The molecule has 2 saturated heterocycles. The maximum atomic E-state index is 12.7. The lowest BCUT2D eigenvalue weighted by Gasteiger charge is -2.36. The van der Waals surface area contributed by atoms with Crippen molar-refractivity contribution in [1.82, 2.24) is 15.2 Å². The first-order valence-electron chi connectivity index (χ1n) is 9.49. The Morgan fingerprint density at radius 3 is 3.04 bits per heavy atom. The van der Waals surface area contributed by atoms with Gasteiger partial charge in [0.05, 0.1) is 36.7 Å². The Bertz CT molecular complexity index is 858. The lowest BCUT2D eigenvalue weighted by molar-refractivity contribution is 0.0985. The highest BCUT2D eigenvalue weighted by atomic mass is 32.2. The molecule has 0 amide bonds. The molecule has 0 bridgehead atoms. The molecule has 28 heavy (non-hydrogen) atoms. The van der Waals surface area contributed by atoms with Crippen LogP contribution in [0.15, 0.2) is 18.3 Å². The topological polar surface area (TPSA) is 110 Å². The van der Waals surface area contributed by atoms with Gasteiger partial charge < -0.3 is 20.4 Å². The smallest absolute Gasteiger partial charge is 0.144 e. The van der Waals surface area contributed by atoms with E-state index in [0.29, 0.717) is 42.7 Å². The van der Waals surface area contributed by atoms with Crippen molar-refractivity contribution in [2.24, 2.45) is 0 Å². The van der Waals surface area contributed by atoms with E-state index in [0.717, 1.165) is 30.9 Å². The summed E-state index contributed by atoms with van der Waals surface area (Å²) in [6.45, 7) is 4.84. The molecule has 2 atom stereocenters. The van der Waals surface area contributed by atoms with E-state index in [4.69, 9.17) is 15.1 Å². The van der Waals surface area contributed by atoms with Crippen LogP contribution in [0.25, 0.3) is 0 Å². The molecule has 0 saturated carbocycles. The lowest BCUT2D eigenvalue weighted by Crippen LogP contribution is -2.44.